The predicted molar refractivity (Wildman–Crippen MR) is 52.9 cm³/mol. The Morgan fingerprint density at radius 2 is 2.20 bits per heavy atom. The number of nitriles is 1. The monoisotopic (exact) mass is 211 g/mol. The third-order valence-corrected chi connectivity index (χ3v) is 1.59. The fourth-order valence-electron chi connectivity index (χ4n) is 0.850. The summed E-state index contributed by atoms with van der Waals surface area (Å²) in [7, 11) is 0. The third-order valence-electron chi connectivity index (χ3n) is 1.59. The lowest BCUT2D eigenvalue weighted by molar-refractivity contribution is -0.141. The van der Waals surface area contributed by atoms with E-state index in [-0.39, 0.29) is 18.9 Å². The van der Waals surface area contributed by atoms with Crippen LogP contribution in [0.3, 0.4) is 0 Å². The van der Waals surface area contributed by atoms with E-state index >= 15 is 0 Å². The van der Waals surface area contributed by atoms with Crippen molar-refractivity contribution in [3.05, 3.63) is 0 Å². The summed E-state index contributed by atoms with van der Waals surface area (Å²) in [5.74, 6) is -2.36. The van der Waals surface area contributed by atoms with Crippen LogP contribution in [-0.2, 0) is 14.3 Å². The lowest BCUT2D eigenvalue weighted by Gasteiger charge is -2.04. The first-order valence-electron chi connectivity index (χ1n) is 4.38. The maximum absolute atomic E-state index is 10.9. The van der Waals surface area contributed by atoms with Crippen molar-refractivity contribution in [2.45, 2.75) is 13.8 Å². The molecule has 0 saturated heterocycles. The van der Waals surface area contributed by atoms with E-state index in [9.17, 15) is 9.59 Å². The minimum Gasteiger partial charge on any atom is -0.465 e. The van der Waals surface area contributed by atoms with Crippen molar-refractivity contribution in [1.82, 2.24) is 0 Å². The second kappa shape index (κ2) is 6.54. The first-order chi connectivity index (χ1) is 7.02. The van der Waals surface area contributed by atoms with Crippen LogP contribution in [0, 0.1) is 17.2 Å². The summed E-state index contributed by atoms with van der Waals surface area (Å²) in [6, 6.07) is 1.70. The quantitative estimate of drug-likeness (QED) is 0.494. The smallest absolute Gasteiger partial charge is 0.327 e. The van der Waals surface area contributed by atoms with Crippen molar-refractivity contribution < 1.29 is 14.3 Å². The first-order valence-corrected chi connectivity index (χ1v) is 4.38. The van der Waals surface area contributed by atoms with Gasteiger partial charge in [-0.25, -0.2) is 0 Å². The van der Waals surface area contributed by atoms with Crippen LogP contribution in [0.15, 0.2) is 4.99 Å². The fraction of sp³-hybridized carbons (Fsp3) is 0.556. The van der Waals surface area contributed by atoms with Crippen molar-refractivity contribution in [3.63, 3.8) is 0 Å². The molecule has 1 amide bonds. The van der Waals surface area contributed by atoms with Gasteiger partial charge in [-0.15, -0.1) is 0 Å². The number of hydrogen-bond donors (Lipinski definition) is 1. The molecule has 2 N–H and O–H groups in total. The molecule has 15 heavy (non-hydrogen) atoms. The van der Waals surface area contributed by atoms with Crippen LogP contribution < -0.4 is 5.73 Å². The Hall–Kier alpha value is -1.90. The summed E-state index contributed by atoms with van der Waals surface area (Å²) in [5, 5.41) is 8.59. The highest BCUT2D eigenvalue weighted by atomic mass is 16.5. The molecule has 0 aliphatic rings. The van der Waals surface area contributed by atoms with Crippen molar-refractivity contribution in [1.29, 1.82) is 5.26 Å². The zero-order valence-corrected chi connectivity index (χ0v) is 8.69. The average molecular weight is 211 g/mol. The zero-order chi connectivity index (χ0) is 11.8. The molecule has 0 radical (unpaired) electrons. The van der Waals surface area contributed by atoms with Gasteiger partial charge in [-0.1, -0.05) is 0 Å². The number of nitrogens with two attached hydrogens (primary N) is 1. The topological polar surface area (TPSA) is 106 Å². The van der Waals surface area contributed by atoms with Crippen LogP contribution in [0.1, 0.15) is 13.8 Å². The zero-order valence-electron chi connectivity index (χ0n) is 8.69. The molecule has 0 aromatic heterocycles. The maximum atomic E-state index is 10.9. The highest BCUT2D eigenvalue weighted by Crippen LogP contribution is 1.97. The average Bonchev–Trinajstić information content (AvgIpc) is 2.15. The Balaban J connectivity index is 4.37. The molecule has 0 fully saturated rings. The Bertz CT molecular complexity index is 317. The molecule has 82 valence electrons. The lowest BCUT2D eigenvalue weighted by Crippen LogP contribution is -2.28. The van der Waals surface area contributed by atoms with Gasteiger partial charge in [-0.2, -0.15) is 5.26 Å². The van der Waals surface area contributed by atoms with Gasteiger partial charge in [0.1, 0.15) is 6.54 Å². The Morgan fingerprint density at radius 3 is 2.60 bits per heavy atom. The molecule has 0 aliphatic heterocycles. The minimum atomic E-state index is -1.08. The number of esters is 1. The van der Waals surface area contributed by atoms with Crippen LogP contribution >= 0.6 is 0 Å². The molecule has 0 rings (SSSR count). The molecule has 0 aromatic rings. The van der Waals surface area contributed by atoms with E-state index in [4.69, 9.17) is 11.0 Å². The summed E-state index contributed by atoms with van der Waals surface area (Å²) in [4.78, 5) is 25.4. The summed E-state index contributed by atoms with van der Waals surface area (Å²) in [5.41, 5.74) is 5.18. The SMILES string of the molecule is CCOC(=O)CN=C(C)C(C#N)C(N)=O. The number of ether oxygens (including phenoxy) is 1. The number of nitrogens with zero attached hydrogens (tertiary/aromatic N) is 2. The molecule has 6 nitrogen and oxygen atoms in total. The van der Waals surface area contributed by atoms with E-state index in [1.165, 1.54) is 6.92 Å². The van der Waals surface area contributed by atoms with Gasteiger partial charge in [0.25, 0.3) is 0 Å². The van der Waals surface area contributed by atoms with Gasteiger partial charge in [0.15, 0.2) is 5.92 Å². The van der Waals surface area contributed by atoms with E-state index in [2.05, 4.69) is 9.73 Å². The standard InChI is InChI=1S/C9H13N3O3/c1-3-15-8(13)5-12-6(2)7(4-10)9(11)14/h7H,3,5H2,1-2H3,(H2,11,14). The fourth-order valence-corrected chi connectivity index (χ4v) is 0.850. The van der Waals surface area contributed by atoms with Crippen molar-refractivity contribution >= 4 is 17.6 Å². The van der Waals surface area contributed by atoms with E-state index in [0.29, 0.717) is 0 Å². The first kappa shape index (κ1) is 13.1. The molecule has 0 aliphatic carbocycles. The molecule has 0 heterocycles. The van der Waals surface area contributed by atoms with Crippen LogP contribution in [0.2, 0.25) is 0 Å². The molecular weight excluding hydrogens is 198 g/mol. The molecule has 6 heteroatoms. The Kier molecular flexibility index (Phi) is 5.71. The number of hydrogen-bond acceptors (Lipinski definition) is 5. The van der Waals surface area contributed by atoms with E-state index in [0.717, 1.165) is 0 Å². The van der Waals surface area contributed by atoms with Crippen molar-refractivity contribution in [2.75, 3.05) is 13.2 Å². The maximum Gasteiger partial charge on any atom is 0.327 e. The van der Waals surface area contributed by atoms with Gasteiger partial charge >= 0.3 is 5.97 Å². The van der Waals surface area contributed by atoms with Crippen molar-refractivity contribution in [3.8, 4) is 6.07 Å². The number of carbonyl (C=O) groups excluding carboxylic acids is 2. The highest BCUT2D eigenvalue weighted by Gasteiger charge is 2.17. The molecule has 1 unspecified atom stereocenters. The predicted octanol–water partition coefficient (Wildman–Crippen LogP) is -0.365. The number of amides is 1. The Morgan fingerprint density at radius 1 is 1.60 bits per heavy atom. The summed E-state index contributed by atoms with van der Waals surface area (Å²) in [6.07, 6.45) is 0. The van der Waals surface area contributed by atoms with Gasteiger partial charge in [0.2, 0.25) is 5.91 Å². The summed E-state index contributed by atoms with van der Waals surface area (Å²) < 4.78 is 4.62. The molecule has 0 spiro atoms. The van der Waals surface area contributed by atoms with Crippen LogP contribution in [0.4, 0.5) is 0 Å². The molecule has 0 saturated carbocycles. The molecule has 1 atom stereocenters. The third kappa shape index (κ3) is 4.76. The van der Waals surface area contributed by atoms with E-state index < -0.39 is 17.8 Å². The molecule has 0 bridgehead atoms. The van der Waals surface area contributed by atoms with Gasteiger partial charge in [0, 0.05) is 5.71 Å². The summed E-state index contributed by atoms with van der Waals surface area (Å²) >= 11 is 0. The molecular formula is C9H13N3O3. The molecule has 0 aromatic carbocycles. The Labute approximate surface area is 87.7 Å². The number of aliphatic imine (C=N–C) groups is 1. The highest BCUT2D eigenvalue weighted by molar-refractivity contribution is 6.05. The lowest BCUT2D eigenvalue weighted by atomic mass is 10.1. The normalized spacial score (nSPS) is 12.7. The van der Waals surface area contributed by atoms with Crippen LogP contribution in [0.5, 0.6) is 0 Å². The minimum absolute atomic E-state index is 0.203. The summed E-state index contributed by atoms with van der Waals surface area (Å²) in [6.45, 7) is 3.21. The number of carbonyl (C=O) groups is 2. The van der Waals surface area contributed by atoms with E-state index in [1.54, 1.807) is 13.0 Å². The largest absolute Gasteiger partial charge is 0.465 e. The second-order valence-electron chi connectivity index (χ2n) is 2.73. The van der Waals surface area contributed by atoms with Gasteiger partial charge in [-0.3, -0.25) is 14.6 Å². The van der Waals surface area contributed by atoms with Gasteiger partial charge < -0.3 is 10.5 Å². The number of rotatable bonds is 5. The van der Waals surface area contributed by atoms with Crippen molar-refractivity contribution in [2.24, 2.45) is 16.6 Å². The van der Waals surface area contributed by atoms with Crippen LogP contribution in [-0.4, -0.2) is 30.7 Å². The van der Waals surface area contributed by atoms with Gasteiger partial charge in [0.05, 0.1) is 12.7 Å². The number of primary amides is 1. The van der Waals surface area contributed by atoms with E-state index in [1.807, 2.05) is 0 Å². The van der Waals surface area contributed by atoms with Crippen LogP contribution in [0.25, 0.3) is 0 Å². The second-order valence-corrected chi connectivity index (χ2v) is 2.73. The van der Waals surface area contributed by atoms with Gasteiger partial charge in [-0.05, 0) is 13.8 Å².